The minimum absolute atomic E-state index is 0.862. The van der Waals surface area contributed by atoms with Gasteiger partial charge in [0.25, 0.3) is 0 Å². The Balaban J connectivity index is 2.24. The Morgan fingerprint density at radius 3 is 2.12 bits per heavy atom. The zero-order valence-corrected chi connectivity index (χ0v) is 13.7. The number of para-hydroxylation sites is 2. The fourth-order valence-corrected chi connectivity index (χ4v) is 2.21. The maximum absolute atomic E-state index is 4.50. The van der Waals surface area contributed by atoms with E-state index >= 15 is 0 Å². The van der Waals surface area contributed by atoms with Crippen LogP contribution in [0.25, 0.3) is 21.8 Å². The van der Waals surface area contributed by atoms with E-state index in [1.165, 1.54) is 0 Å². The first kappa shape index (κ1) is 16.3. The zero-order chi connectivity index (χ0) is 17.2. The van der Waals surface area contributed by atoms with Crippen molar-refractivity contribution >= 4 is 21.8 Å². The lowest BCUT2D eigenvalue weighted by molar-refractivity contribution is 1.33. The molecule has 0 unspecified atom stereocenters. The van der Waals surface area contributed by atoms with Crippen molar-refractivity contribution in [1.82, 2.24) is 19.9 Å². The summed E-state index contributed by atoms with van der Waals surface area (Å²) >= 11 is 0. The molecule has 0 saturated heterocycles. The Labute approximate surface area is 146 Å². The third kappa shape index (κ3) is 4.97. The van der Waals surface area contributed by atoms with E-state index in [1.807, 2.05) is 79.1 Å². The molecule has 2 aromatic carbocycles. The van der Waals surface area contributed by atoms with E-state index in [-0.39, 0.29) is 0 Å². The summed E-state index contributed by atoms with van der Waals surface area (Å²) < 4.78 is 0. The number of fused-ring (bicyclic) bond motifs is 2. The van der Waals surface area contributed by atoms with Gasteiger partial charge in [0.15, 0.2) is 0 Å². The first-order valence-corrected chi connectivity index (χ1v) is 7.95. The molecule has 25 heavy (non-hydrogen) atoms. The van der Waals surface area contributed by atoms with Crippen molar-refractivity contribution in [3.05, 3.63) is 104 Å². The fraction of sp³-hybridized carbons (Fsp3) is 0. The van der Waals surface area contributed by atoms with Crippen LogP contribution in [0, 0.1) is 0 Å². The second-order valence-corrected chi connectivity index (χ2v) is 5.17. The van der Waals surface area contributed by atoms with Gasteiger partial charge in [0, 0.05) is 53.5 Å². The van der Waals surface area contributed by atoms with Crippen molar-refractivity contribution in [2.24, 2.45) is 0 Å². The van der Waals surface area contributed by atoms with Gasteiger partial charge in [-0.15, -0.1) is 0 Å². The summed E-state index contributed by atoms with van der Waals surface area (Å²) in [6.45, 7) is 0. The zero-order valence-electron chi connectivity index (χ0n) is 13.7. The smallest absolute Gasteiger partial charge is 0.0718 e. The largest absolute Gasteiger partial charge is 0.360 e. The average Bonchev–Trinajstić information content (AvgIpc) is 2.65. The summed E-state index contributed by atoms with van der Waals surface area (Å²) in [6, 6.07) is 21.4. The quantitative estimate of drug-likeness (QED) is 0.640. The topological polar surface area (TPSA) is 54.5 Å². The molecule has 0 aliphatic carbocycles. The van der Waals surface area contributed by atoms with Gasteiger partial charge in [-0.05, 0) is 24.3 Å². The lowest BCUT2D eigenvalue weighted by atomic mass is 10.2. The Morgan fingerprint density at radius 1 is 0.600 bits per heavy atom. The van der Waals surface area contributed by atoms with Gasteiger partial charge in [0.1, 0.15) is 0 Å². The first-order valence-electron chi connectivity index (χ1n) is 7.95. The molecule has 4 heteroatoms. The van der Waals surface area contributed by atoms with Crippen molar-refractivity contribution in [2.75, 3.05) is 0 Å². The molecular weight excluding hydrogens is 308 g/mol. The Kier molecular flexibility index (Phi) is 5.84. The molecule has 0 fully saturated rings. The average molecular weight is 326 g/mol. The molecule has 0 saturated carbocycles. The molecule has 0 amide bonds. The molecule has 3 aromatic rings. The summed E-state index contributed by atoms with van der Waals surface area (Å²) in [5, 5.41) is 1.96. The lowest BCUT2D eigenvalue weighted by Gasteiger charge is -1.91. The SMILES string of the molecule is c1ccncc2ccccc2ncc[nH]c2ccccc2cncc1. The van der Waals surface area contributed by atoms with Crippen molar-refractivity contribution in [3.63, 3.8) is 0 Å². The number of hydrogen-bond acceptors (Lipinski definition) is 3. The van der Waals surface area contributed by atoms with Gasteiger partial charge in [0.2, 0.25) is 0 Å². The van der Waals surface area contributed by atoms with Crippen LogP contribution >= 0.6 is 0 Å². The number of nitrogens with one attached hydrogen (secondary N) is 1. The second-order valence-electron chi connectivity index (χ2n) is 5.17. The molecule has 3 rings (SSSR count). The van der Waals surface area contributed by atoms with Crippen LogP contribution in [-0.4, -0.2) is 19.9 Å². The number of nitrogens with zero attached hydrogens (tertiary/aromatic N) is 3. The summed E-state index contributed by atoms with van der Waals surface area (Å²) in [4.78, 5) is 16.3. The van der Waals surface area contributed by atoms with Crippen molar-refractivity contribution in [2.45, 2.75) is 0 Å². The van der Waals surface area contributed by atoms with Gasteiger partial charge in [-0.25, -0.2) is 0 Å². The first-order chi connectivity index (χ1) is 12.4. The molecule has 1 aromatic heterocycles. The Bertz CT molecular complexity index is 941. The van der Waals surface area contributed by atoms with Crippen LogP contribution in [0.4, 0.5) is 0 Å². The number of rotatable bonds is 0. The van der Waals surface area contributed by atoms with E-state index in [1.54, 1.807) is 24.8 Å². The fourth-order valence-electron chi connectivity index (χ4n) is 2.21. The van der Waals surface area contributed by atoms with E-state index in [0.717, 1.165) is 21.8 Å². The van der Waals surface area contributed by atoms with Crippen molar-refractivity contribution < 1.29 is 0 Å². The van der Waals surface area contributed by atoms with E-state index in [9.17, 15) is 0 Å². The predicted molar refractivity (Wildman–Crippen MR) is 102 cm³/mol. The number of benzene rings is 2. The van der Waals surface area contributed by atoms with Crippen molar-refractivity contribution in [3.8, 4) is 0 Å². The third-order valence-corrected chi connectivity index (χ3v) is 3.42. The van der Waals surface area contributed by atoms with Crippen LogP contribution in [-0.2, 0) is 0 Å². The van der Waals surface area contributed by atoms with Gasteiger partial charge >= 0.3 is 0 Å². The number of H-pyrrole nitrogens is 1. The highest BCUT2D eigenvalue weighted by Gasteiger charge is 1.86. The molecule has 0 bridgehead atoms. The molecule has 1 heterocycles. The molecule has 0 atom stereocenters. The third-order valence-electron chi connectivity index (χ3n) is 3.42. The summed E-state index contributed by atoms with van der Waals surface area (Å²) in [6.07, 6.45) is 10.6. The Morgan fingerprint density at radius 2 is 1.28 bits per heavy atom. The standard InChI is InChI=1S/C21H18N4/c1-6-12-22-16-18-8-2-4-10-20(18)24-14-15-25-21-11-5-3-9-19(21)17-23-13-7-1/h1-17,24H. The van der Waals surface area contributed by atoms with Crippen LogP contribution in [0.2, 0.25) is 0 Å². The molecule has 0 spiro atoms. The van der Waals surface area contributed by atoms with E-state index in [4.69, 9.17) is 0 Å². The van der Waals surface area contributed by atoms with Crippen LogP contribution in [0.15, 0.2) is 104 Å². The summed E-state index contributed by atoms with van der Waals surface area (Å²) in [5.41, 5.74) is 1.83. The van der Waals surface area contributed by atoms with Crippen LogP contribution in [0.3, 0.4) is 0 Å². The normalized spacial score (nSPS) is 9.60. The highest BCUT2D eigenvalue weighted by Crippen LogP contribution is 2.06. The Hall–Kier alpha value is -3.53. The van der Waals surface area contributed by atoms with Crippen LogP contribution in [0.5, 0.6) is 0 Å². The summed E-state index contributed by atoms with van der Waals surface area (Å²) in [5.74, 6) is 0. The van der Waals surface area contributed by atoms with Gasteiger partial charge in [0.05, 0.1) is 5.52 Å². The van der Waals surface area contributed by atoms with E-state index in [2.05, 4.69) is 19.9 Å². The van der Waals surface area contributed by atoms with Crippen LogP contribution < -0.4 is 0 Å². The minimum Gasteiger partial charge on any atom is -0.360 e. The number of aromatic nitrogens is 4. The molecule has 122 valence electrons. The monoisotopic (exact) mass is 326 g/mol. The summed E-state index contributed by atoms with van der Waals surface area (Å²) in [7, 11) is 0. The van der Waals surface area contributed by atoms with Gasteiger partial charge in [-0.1, -0.05) is 42.5 Å². The highest BCUT2D eigenvalue weighted by atomic mass is 14.7. The highest BCUT2D eigenvalue weighted by molar-refractivity contribution is 5.77. The molecule has 4 nitrogen and oxygen atoms in total. The molecule has 0 radical (unpaired) electrons. The van der Waals surface area contributed by atoms with E-state index in [0.29, 0.717) is 0 Å². The molecule has 0 aliphatic heterocycles. The minimum atomic E-state index is 0.862. The van der Waals surface area contributed by atoms with Crippen molar-refractivity contribution in [1.29, 1.82) is 0 Å². The maximum Gasteiger partial charge on any atom is 0.0718 e. The molecule has 0 aliphatic rings. The van der Waals surface area contributed by atoms with Crippen LogP contribution in [0.1, 0.15) is 0 Å². The van der Waals surface area contributed by atoms with Gasteiger partial charge in [-0.3, -0.25) is 15.0 Å². The maximum atomic E-state index is 4.50. The second kappa shape index (κ2) is 8.93. The molecular formula is C21H18N4. The molecule has 1 N–H and O–H groups in total. The number of aromatic amines is 1. The predicted octanol–water partition coefficient (Wildman–Crippen LogP) is 4.88. The number of hydrogen-bond donors (Lipinski definition) is 1. The van der Waals surface area contributed by atoms with E-state index < -0.39 is 0 Å². The lowest BCUT2D eigenvalue weighted by Crippen LogP contribution is -1.74. The van der Waals surface area contributed by atoms with Gasteiger partial charge < -0.3 is 4.98 Å². The van der Waals surface area contributed by atoms with Gasteiger partial charge in [-0.2, -0.15) is 0 Å².